The van der Waals surface area contributed by atoms with Gasteiger partial charge in [-0.2, -0.15) is 0 Å². The molecule has 0 fully saturated rings. The van der Waals surface area contributed by atoms with E-state index in [1.165, 1.54) is 12.1 Å². The Morgan fingerprint density at radius 1 is 1.45 bits per heavy atom. The molecule has 1 aromatic rings. The first-order valence-corrected chi connectivity index (χ1v) is 6.50. The van der Waals surface area contributed by atoms with Gasteiger partial charge < -0.3 is 15.7 Å². The maximum atomic E-state index is 13.0. The lowest BCUT2D eigenvalue weighted by Gasteiger charge is -2.10. The van der Waals surface area contributed by atoms with Gasteiger partial charge in [-0.05, 0) is 31.0 Å². The monoisotopic (exact) mass is 302 g/mol. The fraction of sp³-hybridized carbons (Fsp3) is 0.385. The number of rotatable bonds is 6. The second-order valence-electron chi connectivity index (χ2n) is 4.39. The zero-order chi connectivity index (χ0) is 15.1. The molecular formula is C13H16ClFN2O3. The van der Waals surface area contributed by atoms with Crippen molar-refractivity contribution in [1.29, 1.82) is 0 Å². The van der Waals surface area contributed by atoms with Crippen molar-refractivity contribution in [2.24, 2.45) is 5.92 Å². The molecule has 5 nitrogen and oxygen atoms in total. The number of anilines is 1. The van der Waals surface area contributed by atoms with E-state index >= 15 is 0 Å². The summed E-state index contributed by atoms with van der Waals surface area (Å²) in [5.41, 5.74) is 0.183. The Balaban J connectivity index is 2.34. The van der Waals surface area contributed by atoms with Crippen molar-refractivity contribution in [2.75, 3.05) is 11.9 Å². The minimum atomic E-state index is -0.860. The predicted molar refractivity (Wildman–Crippen MR) is 74.5 cm³/mol. The molecule has 7 heteroatoms. The highest BCUT2D eigenvalue weighted by atomic mass is 35.5. The second kappa shape index (κ2) is 7.69. The van der Waals surface area contributed by atoms with E-state index < -0.39 is 23.7 Å². The molecule has 2 amide bonds. The van der Waals surface area contributed by atoms with Gasteiger partial charge in [0, 0.05) is 6.54 Å². The fourth-order valence-corrected chi connectivity index (χ4v) is 1.66. The zero-order valence-corrected chi connectivity index (χ0v) is 11.7. The number of benzene rings is 1. The van der Waals surface area contributed by atoms with Crippen LogP contribution >= 0.6 is 11.6 Å². The lowest BCUT2D eigenvalue weighted by atomic mass is 10.1. The standard InChI is InChI=1S/C13H16ClFN2O3/c1-8(12(18)19)3-2-6-16-13(20)17-11-7-9(15)4-5-10(11)14/h4-5,7-8H,2-3,6H2,1H3,(H,18,19)(H2,16,17,20). The number of carboxylic acids is 1. The third-order valence-electron chi connectivity index (χ3n) is 2.70. The number of amides is 2. The Morgan fingerprint density at radius 2 is 2.15 bits per heavy atom. The third kappa shape index (κ3) is 5.44. The van der Waals surface area contributed by atoms with E-state index in [1.54, 1.807) is 6.92 Å². The summed E-state index contributed by atoms with van der Waals surface area (Å²) >= 11 is 5.80. The minimum absolute atomic E-state index is 0.183. The molecule has 0 saturated heterocycles. The minimum Gasteiger partial charge on any atom is -0.481 e. The molecule has 0 radical (unpaired) electrons. The van der Waals surface area contributed by atoms with Crippen LogP contribution in [0.3, 0.4) is 0 Å². The highest BCUT2D eigenvalue weighted by Gasteiger charge is 2.10. The summed E-state index contributed by atoms with van der Waals surface area (Å²) in [5.74, 6) is -1.81. The van der Waals surface area contributed by atoms with E-state index in [4.69, 9.17) is 16.7 Å². The maximum Gasteiger partial charge on any atom is 0.319 e. The fourth-order valence-electron chi connectivity index (χ4n) is 1.49. The van der Waals surface area contributed by atoms with Crippen LogP contribution in [0.15, 0.2) is 18.2 Å². The topological polar surface area (TPSA) is 78.4 Å². The number of carbonyl (C=O) groups excluding carboxylic acids is 1. The molecular weight excluding hydrogens is 287 g/mol. The van der Waals surface area contributed by atoms with Crippen LogP contribution < -0.4 is 10.6 Å². The number of carbonyl (C=O) groups is 2. The summed E-state index contributed by atoms with van der Waals surface area (Å²) in [6.45, 7) is 1.94. The van der Waals surface area contributed by atoms with Gasteiger partial charge in [-0.1, -0.05) is 18.5 Å². The van der Waals surface area contributed by atoms with Crippen LogP contribution in [0.5, 0.6) is 0 Å². The quantitative estimate of drug-likeness (QED) is 0.707. The molecule has 1 rings (SSSR count). The number of aliphatic carboxylic acids is 1. The number of hydrogen-bond donors (Lipinski definition) is 3. The van der Waals surface area contributed by atoms with E-state index in [9.17, 15) is 14.0 Å². The van der Waals surface area contributed by atoms with E-state index in [0.717, 1.165) is 6.07 Å². The number of halogens is 2. The van der Waals surface area contributed by atoms with Gasteiger partial charge in [0.15, 0.2) is 0 Å². The van der Waals surface area contributed by atoms with Crippen molar-refractivity contribution in [3.05, 3.63) is 29.0 Å². The number of hydrogen-bond acceptors (Lipinski definition) is 2. The van der Waals surface area contributed by atoms with Crippen LogP contribution in [-0.4, -0.2) is 23.7 Å². The summed E-state index contributed by atoms with van der Waals surface area (Å²) in [5, 5.41) is 13.9. The smallest absolute Gasteiger partial charge is 0.319 e. The van der Waals surface area contributed by atoms with Crippen molar-refractivity contribution >= 4 is 29.3 Å². The normalized spacial score (nSPS) is 11.8. The van der Waals surface area contributed by atoms with Crippen molar-refractivity contribution in [1.82, 2.24) is 5.32 Å². The molecule has 20 heavy (non-hydrogen) atoms. The summed E-state index contributed by atoms with van der Waals surface area (Å²) in [6.07, 6.45) is 1.01. The van der Waals surface area contributed by atoms with Crippen LogP contribution in [0.2, 0.25) is 5.02 Å². The van der Waals surface area contributed by atoms with Gasteiger partial charge >= 0.3 is 12.0 Å². The Kier molecular flexibility index (Phi) is 6.24. The van der Waals surface area contributed by atoms with Gasteiger partial charge in [0.05, 0.1) is 16.6 Å². The van der Waals surface area contributed by atoms with Crippen molar-refractivity contribution in [2.45, 2.75) is 19.8 Å². The van der Waals surface area contributed by atoms with Crippen LogP contribution in [0.1, 0.15) is 19.8 Å². The number of nitrogens with one attached hydrogen (secondary N) is 2. The van der Waals surface area contributed by atoms with E-state index in [0.29, 0.717) is 19.4 Å². The second-order valence-corrected chi connectivity index (χ2v) is 4.79. The van der Waals surface area contributed by atoms with Crippen molar-refractivity contribution in [3.8, 4) is 0 Å². The van der Waals surface area contributed by atoms with Crippen LogP contribution in [0.4, 0.5) is 14.9 Å². The molecule has 0 aliphatic rings. The predicted octanol–water partition coefficient (Wildman–Crippen LogP) is 3.10. The molecule has 0 aromatic heterocycles. The first-order chi connectivity index (χ1) is 9.40. The van der Waals surface area contributed by atoms with Crippen LogP contribution in [0.25, 0.3) is 0 Å². The Labute approximate surface area is 121 Å². The van der Waals surface area contributed by atoms with Gasteiger partial charge in [-0.25, -0.2) is 9.18 Å². The highest BCUT2D eigenvalue weighted by Crippen LogP contribution is 2.22. The summed E-state index contributed by atoms with van der Waals surface area (Å²) in [7, 11) is 0. The summed E-state index contributed by atoms with van der Waals surface area (Å²) in [6, 6.07) is 3.15. The maximum absolute atomic E-state index is 13.0. The summed E-state index contributed by atoms with van der Waals surface area (Å²) in [4.78, 5) is 22.1. The first-order valence-electron chi connectivity index (χ1n) is 6.13. The van der Waals surface area contributed by atoms with Crippen molar-refractivity contribution < 1.29 is 19.1 Å². The SMILES string of the molecule is CC(CCCNC(=O)Nc1cc(F)ccc1Cl)C(=O)O. The Bertz CT molecular complexity index is 497. The molecule has 1 unspecified atom stereocenters. The molecule has 1 aromatic carbocycles. The molecule has 1 atom stereocenters. The molecule has 0 spiro atoms. The zero-order valence-electron chi connectivity index (χ0n) is 11.0. The first kappa shape index (κ1) is 16.2. The highest BCUT2D eigenvalue weighted by molar-refractivity contribution is 6.33. The van der Waals surface area contributed by atoms with E-state index in [-0.39, 0.29) is 10.7 Å². The molecule has 0 bridgehead atoms. The average Bonchev–Trinajstić information content (AvgIpc) is 2.38. The third-order valence-corrected chi connectivity index (χ3v) is 3.03. The summed E-state index contributed by atoms with van der Waals surface area (Å²) < 4.78 is 13.0. The largest absolute Gasteiger partial charge is 0.481 e. The average molecular weight is 303 g/mol. The Morgan fingerprint density at radius 3 is 2.80 bits per heavy atom. The molecule has 0 aliphatic carbocycles. The van der Waals surface area contributed by atoms with Gasteiger partial charge in [-0.3, -0.25) is 4.79 Å². The van der Waals surface area contributed by atoms with Gasteiger partial charge in [0.2, 0.25) is 0 Å². The van der Waals surface area contributed by atoms with Gasteiger partial charge in [0.1, 0.15) is 5.82 Å². The van der Waals surface area contributed by atoms with Gasteiger partial charge in [0.25, 0.3) is 0 Å². The lowest BCUT2D eigenvalue weighted by molar-refractivity contribution is -0.141. The van der Waals surface area contributed by atoms with Gasteiger partial charge in [-0.15, -0.1) is 0 Å². The molecule has 0 heterocycles. The molecule has 110 valence electrons. The molecule has 0 saturated carbocycles. The lowest BCUT2D eigenvalue weighted by Crippen LogP contribution is -2.30. The number of carboxylic acid groups (broad SMARTS) is 1. The van der Waals surface area contributed by atoms with Crippen molar-refractivity contribution in [3.63, 3.8) is 0 Å². The van der Waals surface area contributed by atoms with Crippen LogP contribution in [-0.2, 0) is 4.79 Å². The van der Waals surface area contributed by atoms with E-state index in [1.807, 2.05) is 0 Å². The Hall–Kier alpha value is -1.82. The van der Waals surface area contributed by atoms with Crippen LogP contribution in [0, 0.1) is 11.7 Å². The number of urea groups is 1. The molecule has 0 aliphatic heterocycles. The van der Waals surface area contributed by atoms with E-state index in [2.05, 4.69) is 10.6 Å². The molecule has 3 N–H and O–H groups in total.